The Hall–Kier alpha value is -2.10. The van der Waals surface area contributed by atoms with E-state index >= 15 is 0 Å². The van der Waals surface area contributed by atoms with Crippen molar-refractivity contribution in [3.63, 3.8) is 0 Å². The third-order valence-corrected chi connectivity index (χ3v) is 3.84. The fraction of sp³-hybridized carbons (Fsp3) is 0.412. The van der Waals surface area contributed by atoms with Crippen molar-refractivity contribution < 1.29 is 14.7 Å². The minimum absolute atomic E-state index is 0.0824. The number of allylic oxidation sites excluding steroid dienone is 2. The van der Waals surface area contributed by atoms with E-state index < -0.39 is 12.0 Å². The van der Waals surface area contributed by atoms with Crippen molar-refractivity contribution in [2.45, 2.75) is 38.6 Å². The van der Waals surface area contributed by atoms with E-state index in [9.17, 15) is 9.59 Å². The van der Waals surface area contributed by atoms with E-state index in [2.05, 4.69) is 17.5 Å². The van der Waals surface area contributed by atoms with Gasteiger partial charge in [0, 0.05) is 6.42 Å². The maximum Gasteiger partial charge on any atom is 0.305 e. The van der Waals surface area contributed by atoms with Crippen LogP contribution < -0.4 is 5.32 Å². The molecule has 4 nitrogen and oxygen atoms in total. The lowest BCUT2D eigenvalue weighted by atomic mass is 9.98. The summed E-state index contributed by atoms with van der Waals surface area (Å²) in [6, 6.07) is 7.10. The molecule has 1 aliphatic carbocycles. The first kappa shape index (κ1) is 15.3. The monoisotopic (exact) mass is 287 g/mol. The summed E-state index contributed by atoms with van der Waals surface area (Å²) >= 11 is 0. The van der Waals surface area contributed by atoms with Gasteiger partial charge in [-0.3, -0.25) is 9.59 Å². The summed E-state index contributed by atoms with van der Waals surface area (Å²) in [6.45, 7) is 1.93. The number of rotatable bonds is 6. The first-order valence-electron chi connectivity index (χ1n) is 7.29. The van der Waals surface area contributed by atoms with Gasteiger partial charge < -0.3 is 10.4 Å². The molecule has 2 atom stereocenters. The Kier molecular flexibility index (Phi) is 5.14. The minimum atomic E-state index is -0.913. The molecular formula is C17H21NO3. The first-order valence-corrected chi connectivity index (χ1v) is 7.29. The number of carbonyl (C=O) groups is 2. The summed E-state index contributed by atoms with van der Waals surface area (Å²) in [5.74, 6) is -0.710. The predicted molar refractivity (Wildman–Crippen MR) is 80.8 cm³/mol. The van der Waals surface area contributed by atoms with Crippen LogP contribution in [0.25, 0.3) is 0 Å². The number of aliphatic carboxylic acids is 1. The fourth-order valence-electron chi connectivity index (χ4n) is 2.75. The van der Waals surface area contributed by atoms with Gasteiger partial charge in [0.05, 0.1) is 12.5 Å². The van der Waals surface area contributed by atoms with Gasteiger partial charge in [-0.1, -0.05) is 36.4 Å². The lowest BCUT2D eigenvalue weighted by molar-refractivity contribution is -0.137. The number of carboxylic acids is 1. The molecule has 0 heterocycles. The maximum atomic E-state index is 12.1. The second kappa shape index (κ2) is 7.07. The van der Waals surface area contributed by atoms with Gasteiger partial charge in [0.2, 0.25) is 5.91 Å². The van der Waals surface area contributed by atoms with Crippen molar-refractivity contribution in [3.8, 4) is 0 Å². The SMILES string of the molecule is Cc1ccccc1[C@@H](CC(=O)O)NC(=O)C[C@H]1C=CCC1. The lowest BCUT2D eigenvalue weighted by Gasteiger charge is -2.20. The van der Waals surface area contributed by atoms with Gasteiger partial charge in [-0.25, -0.2) is 0 Å². The third kappa shape index (κ3) is 4.45. The highest BCUT2D eigenvalue weighted by Gasteiger charge is 2.21. The zero-order valence-electron chi connectivity index (χ0n) is 12.2. The van der Waals surface area contributed by atoms with E-state index in [-0.39, 0.29) is 18.2 Å². The molecule has 2 rings (SSSR count). The fourth-order valence-corrected chi connectivity index (χ4v) is 2.75. The number of carbonyl (C=O) groups excluding carboxylic acids is 1. The highest BCUT2D eigenvalue weighted by atomic mass is 16.4. The molecule has 0 fully saturated rings. The Labute approximate surface area is 124 Å². The number of aryl methyl sites for hydroxylation is 1. The quantitative estimate of drug-likeness (QED) is 0.790. The normalized spacial score (nSPS) is 18.4. The van der Waals surface area contributed by atoms with Gasteiger partial charge in [0.25, 0.3) is 0 Å². The molecule has 4 heteroatoms. The van der Waals surface area contributed by atoms with Crippen LogP contribution in [-0.2, 0) is 9.59 Å². The average Bonchev–Trinajstić information content (AvgIpc) is 2.90. The van der Waals surface area contributed by atoms with E-state index in [0.717, 1.165) is 24.0 Å². The highest BCUT2D eigenvalue weighted by molar-refractivity contribution is 5.78. The minimum Gasteiger partial charge on any atom is -0.481 e. The molecule has 112 valence electrons. The van der Waals surface area contributed by atoms with Crippen molar-refractivity contribution >= 4 is 11.9 Å². The molecule has 2 N–H and O–H groups in total. The van der Waals surface area contributed by atoms with Gasteiger partial charge in [0.15, 0.2) is 0 Å². The van der Waals surface area contributed by atoms with E-state index in [1.165, 1.54) is 0 Å². The molecule has 0 saturated heterocycles. The Balaban J connectivity index is 2.05. The van der Waals surface area contributed by atoms with Crippen LogP contribution in [0.4, 0.5) is 0 Å². The molecular weight excluding hydrogens is 266 g/mol. The number of benzene rings is 1. The summed E-state index contributed by atoms with van der Waals surface area (Å²) < 4.78 is 0. The molecule has 0 radical (unpaired) electrons. The number of hydrogen-bond donors (Lipinski definition) is 2. The van der Waals surface area contributed by atoms with Crippen molar-refractivity contribution in [2.24, 2.45) is 5.92 Å². The topological polar surface area (TPSA) is 66.4 Å². The Bertz CT molecular complexity index is 551. The summed E-state index contributed by atoms with van der Waals surface area (Å²) in [4.78, 5) is 23.2. The molecule has 0 aliphatic heterocycles. The van der Waals surface area contributed by atoms with Gasteiger partial charge >= 0.3 is 5.97 Å². The van der Waals surface area contributed by atoms with Crippen molar-refractivity contribution in [1.82, 2.24) is 5.32 Å². The second-order valence-electron chi connectivity index (χ2n) is 5.54. The Morgan fingerprint density at radius 2 is 2.14 bits per heavy atom. The zero-order valence-corrected chi connectivity index (χ0v) is 12.2. The van der Waals surface area contributed by atoms with Crippen molar-refractivity contribution in [2.75, 3.05) is 0 Å². The predicted octanol–water partition coefficient (Wildman–Crippen LogP) is 2.98. The summed E-state index contributed by atoms with van der Waals surface area (Å²) in [6.07, 6.45) is 6.51. The van der Waals surface area contributed by atoms with Gasteiger partial charge in [-0.15, -0.1) is 0 Å². The molecule has 21 heavy (non-hydrogen) atoms. The van der Waals surface area contributed by atoms with E-state index in [1.807, 2.05) is 31.2 Å². The molecule has 0 aromatic heterocycles. The summed E-state index contributed by atoms with van der Waals surface area (Å²) in [5, 5.41) is 11.9. The molecule has 1 aromatic carbocycles. The highest BCUT2D eigenvalue weighted by Crippen LogP contribution is 2.23. The summed E-state index contributed by atoms with van der Waals surface area (Å²) in [5.41, 5.74) is 1.86. The molecule has 1 aliphatic rings. The van der Waals surface area contributed by atoms with E-state index in [0.29, 0.717) is 6.42 Å². The van der Waals surface area contributed by atoms with Crippen LogP contribution in [0.1, 0.15) is 42.9 Å². The zero-order chi connectivity index (χ0) is 15.2. The molecule has 0 saturated carbocycles. The number of amides is 1. The second-order valence-corrected chi connectivity index (χ2v) is 5.54. The van der Waals surface area contributed by atoms with Crippen LogP contribution in [0, 0.1) is 12.8 Å². The Morgan fingerprint density at radius 3 is 2.76 bits per heavy atom. The Morgan fingerprint density at radius 1 is 1.38 bits per heavy atom. The van der Waals surface area contributed by atoms with Crippen LogP contribution in [0.3, 0.4) is 0 Å². The van der Waals surface area contributed by atoms with E-state index in [1.54, 1.807) is 0 Å². The van der Waals surface area contributed by atoms with Crippen LogP contribution in [-0.4, -0.2) is 17.0 Å². The number of carboxylic acid groups (broad SMARTS) is 1. The van der Waals surface area contributed by atoms with E-state index in [4.69, 9.17) is 5.11 Å². The van der Waals surface area contributed by atoms with Crippen LogP contribution in [0.15, 0.2) is 36.4 Å². The summed E-state index contributed by atoms with van der Waals surface area (Å²) in [7, 11) is 0. The molecule has 1 amide bonds. The molecule has 0 unspecified atom stereocenters. The number of nitrogens with one attached hydrogen (secondary N) is 1. The van der Waals surface area contributed by atoms with Crippen LogP contribution >= 0.6 is 0 Å². The maximum absolute atomic E-state index is 12.1. The first-order chi connectivity index (χ1) is 10.1. The smallest absolute Gasteiger partial charge is 0.305 e. The largest absolute Gasteiger partial charge is 0.481 e. The third-order valence-electron chi connectivity index (χ3n) is 3.84. The standard InChI is InChI=1S/C17H21NO3/c1-12-6-2-5-9-14(12)15(11-17(20)21)18-16(19)10-13-7-3-4-8-13/h2-3,5-7,9,13,15H,4,8,10-11H2,1H3,(H,18,19)(H,20,21)/t13-,15+/m0/s1. The van der Waals surface area contributed by atoms with Crippen molar-refractivity contribution in [1.29, 1.82) is 0 Å². The van der Waals surface area contributed by atoms with Gasteiger partial charge in [0.1, 0.15) is 0 Å². The van der Waals surface area contributed by atoms with Crippen LogP contribution in [0.5, 0.6) is 0 Å². The average molecular weight is 287 g/mol. The number of hydrogen-bond acceptors (Lipinski definition) is 2. The van der Waals surface area contributed by atoms with Crippen molar-refractivity contribution in [3.05, 3.63) is 47.5 Å². The molecule has 0 spiro atoms. The lowest BCUT2D eigenvalue weighted by Crippen LogP contribution is -2.31. The van der Waals surface area contributed by atoms with Crippen LogP contribution in [0.2, 0.25) is 0 Å². The van der Waals surface area contributed by atoms with Gasteiger partial charge in [-0.2, -0.15) is 0 Å². The van der Waals surface area contributed by atoms with Gasteiger partial charge in [-0.05, 0) is 36.8 Å². The molecule has 0 bridgehead atoms. The molecule has 1 aromatic rings.